The fraction of sp³-hybridized carbons (Fsp3) is 0.375. The van der Waals surface area contributed by atoms with Crippen molar-refractivity contribution in [2.24, 2.45) is 0 Å². The minimum Gasteiger partial charge on any atom is -0.361 e. The lowest BCUT2D eigenvalue weighted by atomic mass is 10.3. The fourth-order valence-corrected chi connectivity index (χ4v) is 1.31. The van der Waals surface area contributed by atoms with Gasteiger partial charge in [-0.25, -0.2) is 0 Å². The van der Waals surface area contributed by atoms with Crippen molar-refractivity contribution in [3.8, 4) is 11.8 Å². The zero-order valence-corrected chi connectivity index (χ0v) is 11.2. The van der Waals surface area contributed by atoms with Crippen LogP contribution in [0.4, 0.5) is 0 Å². The van der Waals surface area contributed by atoms with E-state index in [-0.39, 0.29) is 0 Å². The molecule has 0 aliphatic rings. The van der Waals surface area contributed by atoms with E-state index < -0.39 is 0 Å². The summed E-state index contributed by atoms with van der Waals surface area (Å²) in [5.41, 5.74) is 0. The second-order valence-corrected chi connectivity index (χ2v) is 3.57. The Morgan fingerprint density at radius 3 is 2.76 bits per heavy atom. The van der Waals surface area contributed by atoms with Crippen molar-refractivity contribution in [3.05, 3.63) is 35.5 Å². The molecule has 17 heavy (non-hydrogen) atoms. The van der Waals surface area contributed by atoms with Crippen molar-refractivity contribution in [3.63, 3.8) is 0 Å². The van der Waals surface area contributed by atoms with E-state index in [4.69, 9.17) is 0 Å². The molecule has 0 unspecified atom stereocenters. The van der Waals surface area contributed by atoms with Gasteiger partial charge in [0.05, 0.1) is 0 Å². The Hall–Kier alpha value is -1.68. The van der Waals surface area contributed by atoms with E-state index >= 15 is 0 Å². The number of rotatable bonds is 3. The zero-order chi connectivity index (χ0) is 12.9. The lowest BCUT2D eigenvalue weighted by Crippen LogP contribution is -2.20. The topological polar surface area (TPSA) is 15.8 Å². The molecular formula is C16H23N. The standard InChI is InChI=1S/C9H11N.C7H12/c1-3-5-8-6-7-10-9(8)4-2;1-3-5-7-6-4-2/h3-7,10H,1H2,2H3;3,5,7H2,1-2H3/b8-5-,9-4+;. The first-order chi connectivity index (χ1) is 8.29. The molecule has 1 aromatic heterocycles. The number of unbranched alkanes of at least 4 members (excludes halogenated alkanes) is 2. The average molecular weight is 229 g/mol. The lowest BCUT2D eigenvalue weighted by molar-refractivity contribution is 0.828. The predicted octanol–water partition coefficient (Wildman–Crippen LogP) is 2.98. The highest BCUT2D eigenvalue weighted by atomic mass is 14.6. The minimum atomic E-state index is 1.08. The number of nitrogens with one attached hydrogen (secondary N) is 1. The Kier molecular flexibility index (Phi) is 9.76. The molecule has 0 aliphatic carbocycles. The molecule has 0 saturated carbocycles. The van der Waals surface area contributed by atoms with E-state index in [0.29, 0.717) is 0 Å². The molecule has 0 radical (unpaired) electrons. The lowest BCUT2D eigenvalue weighted by Gasteiger charge is -1.80. The molecule has 0 saturated heterocycles. The van der Waals surface area contributed by atoms with Crippen LogP contribution >= 0.6 is 0 Å². The first kappa shape index (κ1) is 15.3. The van der Waals surface area contributed by atoms with Crippen molar-refractivity contribution in [1.82, 2.24) is 4.98 Å². The maximum absolute atomic E-state index is 3.63. The number of hydrogen-bond donors (Lipinski definition) is 1. The molecule has 0 aliphatic heterocycles. The van der Waals surface area contributed by atoms with Gasteiger partial charge in [0.25, 0.3) is 0 Å². The molecule has 92 valence electrons. The largest absolute Gasteiger partial charge is 0.361 e. The van der Waals surface area contributed by atoms with Crippen LogP contribution in [0.1, 0.15) is 40.0 Å². The Balaban J connectivity index is 0.000000325. The van der Waals surface area contributed by atoms with Crippen LogP contribution in [0, 0.1) is 11.8 Å². The van der Waals surface area contributed by atoms with Crippen LogP contribution < -0.4 is 10.6 Å². The molecule has 1 rings (SSSR count). The van der Waals surface area contributed by atoms with Gasteiger partial charge in [-0.05, 0) is 31.6 Å². The summed E-state index contributed by atoms with van der Waals surface area (Å²) in [6.07, 6.45) is 11.3. The maximum atomic E-state index is 3.63. The minimum absolute atomic E-state index is 1.08. The quantitative estimate of drug-likeness (QED) is 0.606. The number of aromatic nitrogens is 1. The van der Waals surface area contributed by atoms with E-state index in [1.165, 1.54) is 18.1 Å². The van der Waals surface area contributed by atoms with Gasteiger partial charge < -0.3 is 4.98 Å². The van der Waals surface area contributed by atoms with Crippen molar-refractivity contribution in [2.45, 2.75) is 40.0 Å². The summed E-state index contributed by atoms with van der Waals surface area (Å²) in [4.78, 5) is 3.11. The van der Waals surface area contributed by atoms with Crippen LogP contribution in [-0.2, 0) is 0 Å². The molecule has 1 heterocycles. The first-order valence-electron chi connectivity index (χ1n) is 6.12. The van der Waals surface area contributed by atoms with Gasteiger partial charge in [-0.1, -0.05) is 38.2 Å². The highest BCUT2D eigenvalue weighted by molar-refractivity contribution is 5.36. The summed E-state index contributed by atoms with van der Waals surface area (Å²) in [5.74, 6) is 5.85. The van der Waals surface area contributed by atoms with Crippen LogP contribution in [0.25, 0.3) is 12.2 Å². The summed E-state index contributed by atoms with van der Waals surface area (Å²) >= 11 is 0. The normalized spacial score (nSPS) is 11.2. The second-order valence-electron chi connectivity index (χ2n) is 3.57. The predicted molar refractivity (Wildman–Crippen MR) is 77.8 cm³/mol. The van der Waals surface area contributed by atoms with Gasteiger partial charge in [0.1, 0.15) is 0 Å². The average Bonchev–Trinajstić information content (AvgIpc) is 2.79. The number of aromatic amines is 1. The molecule has 0 aromatic carbocycles. The van der Waals surface area contributed by atoms with E-state index in [0.717, 1.165) is 11.8 Å². The highest BCUT2D eigenvalue weighted by Gasteiger charge is 1.79. The van der Waals surface area contributed by atoms with Crippen LogP contribution in [0.15, 0.2) is 24.9 Å². The van der Waals surface area contributed by atoms with Crippen molar-refractivity contribution in [2.75, 3.05) is 0 Å². The molecule has 0 amide bonds. The Morgan fingerprint density at radius 2 is 2.24 bits per heavy atom. The third-order valence-corrected chi connectivity index (χ3v) is 2.23. The molecule has 0 bridgehead atoms. The van der Waals surface area contributed by atoms with Gasteiger partial charge in [-0.2, -0.15) is 0 Å². The molecule has 0 fully saturated rings. The summed E-state index contributed by atoms with van der Waals surface area (Å²) in [6, 6.07) is 2.02. The zero-order valence-electron chi connectivity index (χ0n) is 11.2. The van der Waals surface area contributed by atoms with Gasteiger partial charge in [0.2, 0.25) is 0 Å². The number of hydrogen-bond acceptors (Lipinski definition) is 0. The van der Waals surface area contributed by atoms with E-state index in [2.05, 4.69) is 30.3 Å². The maximum Gasteiger partial charge on any atom is 0.0410 e. The SMILES string of the molecule is C=C/C=c1/cc[nH]/c1=C/C.CC#CCCCC. The molecule has 1 heteroatoms. The number of allylic oxidation sites excluding steroid dienone is 1. The summed E-state index contributed by atoms with van der Waals surface area (Å²) in [5, 5.41) is 2.34. The molecular weight excluding hydrogens is 206 g/mol. The van der Waals surface area contributed by atoms with E-state index in [9.17, 15) is 0 Å². The fourth-order valence-electron chi connectivity index (χ4n) is 1.31. The third-order valence-electron chi connectivity index (χ3n) is 2.23. The second kappa shape index (κ2) is 10.8. The summed E-state index contributed by atoms with van der Waals surface area (Å²) in [6.45, 7) is 9.70. The third kappa shape index (κ3) is 7.25. The monoisotopic (exact) mass is 229 g/mol. The molecule has 0 spiro atoms. The summed E-state index contributed by atoms with van der Waals surface area (Å²) < 4.78 is 0. The van der Waals surface area contributed by atoms with Gasteiger partial charge in [-0.15, -0.1) is 11.8 Å². The molecule has 1 N–H and O–H groups in total. The van der Waals surface area contributed by atoms with Gasteiger partial charge >= 0.3 is 0 Å². The van der Waals surface area contributed by atoms with Crippen LogP contribution in [-0.4, -0.2) is 4.98 Å². The Bertz CT molecular complexity index is 466. The summed E-state index contributed by atoms with van der Waals surface area (Å²) in [7, 11) is 0. The Labute approximate surface area is 105 Å². The van der Waals surface area contributed by atoms with Crippen LogP contribution in [0.5, 0.6) is 0 Å². The van der Waals surface area contributed by atoms with Gasteiger partial charge in [0, 0.05) is 18.0 Å². The van der Waals surface area contributed by atoms with Gasteiger partial charge in [-0.3, -0.25) is 0 Å². The first-order valence-corrected chi connectivity index (χ1v) is 6.12. The van der Waals surface area contributed by atoms with Crippen molar-refractivity contribution < 1.29 is 0 Å². The highest BCUT2D eigenvalue weighted by Crippen LogP contribution is 1.89. The van der Waals surface area contributed by atoms with Crippen molar-refractivity contribution in [1.29, 1.82) is 0 Å². The molecule has 1 aromatic rings. The Morgan fingerprint density at radius 1 is 1.47 bits per heavy atom. The van der Waals surface area contributed by atoms with Crippen LogP contribution in [0.2, 0.25) is 0 Å². The molecule has 1 nitrogen and oxygen atoms in total. The van der Waals surface area contributed by atoms with Crippen LogP contribution in [0.3, 0.4) is 0 Å². The van der Waals surface area contributed by atoms with Crippen molar-refractivity contribution >= 4 is 12.2 Å². The van der Waals surface area contributed by atoms with E-state index in [1.807, 2.05) is 38.3 Å². The number of H-pyrrole nitrogens is 1. The smallest absolute Gasteiger partial charge is 0.0410 e. The van der Waals surface area contributed by atoms with E-state index in [1.54, 1.807) is 6.08 Å². The molecule has 0 atom stereocenters. The van der Waals surface area contributed by atoms with Gasteiger partial charge in [0.15, 0.2) is 0 Å².